The average Bonchev–Trinajstić information content (AvgIpc) is 3.59. The lowest BCUT2D eigenvalue weighted by atomic mass is 9.85. The molecule has 2 amide bonds. The Morgan fingerprint density at radius 1 is 0.946 bits per heavy atom. The van der Waals surface area contributed by atoms with Crippen LogP contribution in [0.1, 0.15) is 101 Å². The van der Waals surface area contributed by atoms with Crippen LogP contribution >= 0.6 is 11.6 Å². The number of hydrogen-bond acceptors (Lipinski definition) is 7. The summed E-state index contributed by atoms with van der Waals surface area (Å²) in [5.74, 6) is 1.48. The van der Waals surface area contributed by atoms with Crippen LogP contribution in [0.3, 0.4) is 0 Å². The highest BCUT2D eigenvalue weighted by Gasteiger charge is 2.31. The van der Waals surface area contributed by atoms with Crippen molar-refractivity contribution in [2.45, 2.75) is 103 Å². The fourth-order valence-electron chi connectivity index (χ4n) is 8.28. The minimum absolute atomic E-state index is 0.231. The number of likely N-dealkylation sites (N-methyl/N-ethyl adjacent to an activating group) is 1. The molecule has 4 aromatic rings. The Hall–Kier alpha value is -4.65. The minimum atomic E-state index is -0.316. The maximum absolute atomic E-state index is 13.9. The topological polar surface area (TPSA) is 131 Å². The van der Waals surface area contributed by atoms with Crippen molar-refractivity contribution in [3.63, 3.8) is 0 Å². The van der Waals surface area contributed by atoms with Gasteiger partial charge < -0.3 is 19.9 Å². The molecule has 1 aliphatic carbocycles. The molecule has 4 N–H and O–H groups in total. The van der Waals surface area contributed by atoms with Crippen LogP contribution in [0.4, 0.5) is 10.6 Å². The van der Waals surface area contributed by atoms with Crippen LogP contribution in [0.15, 0.2) is 66.9 Å². The number of piperazine rings is 1. The van der Waals surface area contributed by atoms with Crippen LogP contribution in [-0.2, 0) is 12.0 Å². The molecule has 2 fully saturated rings. The van der Waals surface area contributed by atoms with Crippen LogP contribution in [-0.4, -0.2) is 86.3 Å². The molecule has 12 nitrogen and oxygen atoms in total. The number of urea groups is 1. The Morgan fingerprint density at radius 3 is 2.38 bits per heavy atom. The van der Waals surface area contributed by atoms with Crippen LogP contribution in [0, 0.1) is 10.8 Å². The van der Waals surface area contributed by atoms with E-state index in [9.17, 15) is 4.79 Å². The van der Waals surface area contributed by atoms with Crippen molar-refractivity contribution in [1.82, 2.24) is 34.4 Å². The Kier molecular flexibility index (Phi) is 11.6. The number of anilines is 1. The summed E-state index contributed by atoms with van der Waals surface area (Å²) < 4.78 is 10.0. The van der Waals surface area contributed by atoms with Gasteiger partial charge in [0.1, 0.15) is 23.2 Å². The first-order valence-electron chi connectivity index (χ1n) is 20.0. The van der Waals surface area contributed by atoms with Gasteiger partial charge in [-0.3, -0.25) is 25.6 Å². The number of ether oxygens (including phenoxy) is 1. The van der Waals surface area contributed by atoms with Gasteiger partial charge in [-0.1, -0.05) is 56.6 Å². The van der Waals surface area contributed by atoms with Crippen LogP contribution in [0.5, 0.6) is 5.75 Å². The summed E-state index contributed by atoms with van der Waals surface area (Å²) in [5.41, 5.74) is 4.74. The molecule has 3 aliphatic rings. The first kappa shape index (κ1) is 39.6. The largest absolute Gasteiger partial charge is 0.484 e. The van der Waals surface area contributed by atoms with Crippen LogP contribution in [0.2, 0.25) is 5.02 Å². The number of aromatic nitrogens is 3. The number of fused-ring (bicyclic) bond motifs is 1. The van der Waals surface area contributed by atoms with E-state index < -0.39 is 0 Å². The number of pyridine rings is 1. The number of nitrogens with one attached hydrogen (secondary N) is 4. The number of amides is 2. The molecule has 4 atom stereocenters. The number of rotatable bonds is 7. The summed E-state index contributed by atoms with van der Waals surface area (Å²) in [5, 5.41) is 29.7. The Labute approximate surface area is 335 Å². The van der Waals surface area contributed by atoms with Gasteiger partial charge in [-0.2, -0.15) is 5.10 Å². The standard InChI is InChI=1S/C43H57ClN10O2/c1-28-10-9-11-29(2)53(28)41(46)52-27-32(15-19-39(52)45)56-37-18-17-36(33-12-7-8-13-34(33)37)47-42(55)48-40-25-38(43(3,4)5)49-54(40)31-14-16-35(44)30(24-31)26-51-22-20-50(6)21-23-51/h7-8,12-16,19,24-25,27-29,36-37,45-46H,9-11,17-18,20-23,26H2,1-6H3,(H2,47,48,55)/t28-,29+,36-,37+/m0/s1. The van der Waals surface area contributed by atoms with E-state index in [0.717, 1.165) is 85.1 Å². The van der Waals surface area contributed by atoms with E-state index in [-0.39, 0.29) is 41.2 Å². The predicted octanol–water partition coefficient (Wildman–Crippen LogP) is 7.67. The molecule has 13 heteroatoms. The summed E-state index contributed by atoms with van der Waals surface area (Å²) in [4.78, 5) is 20.7. The number of benzene rings is 2. The van der Waals surface area contributed by atoms with Gasteiger partial charge in [0.15, 0.2) is 0 Å². The van der Waals surface area contributed by atoms with E-state index in [2.05, 4.69) is 85.2 Å². The van der Waals surface area contributed by atoms with E-state index in [0.29, 0.717) is 30.4 Å². The molecule has 2 aromatic carbocycles. The lowest BCUT2D eigenvalue weighted by Gasteiger charge is -2.41. The van der Waals surface area contributed by atoms with Gasteiger partial charge in [0.2, 0.25) is 5.96 Å². The van der Waals surface area contributed by atoms with Crippen LogP contribution in [0.25, 0.3) is 5.69 Å². The lowest BCUT2D eigenvalue weighted by Crippen LogP contribution is -2.51. The van der Waals surface area contributed by atoms with Gasteiger partial charge in [0.05, 0.1) is 23.6 Å². The third kappa shape index (κ3) is 8.67. The molecule has 0 unspecified atom stereocenters. The van der Waals surface area contributed by atoms with E-state index in [1.165, 1.54) is 0 Å². The zero-order chi connectivity index (χ0) is 39.7. The quantitative estimate of drug-likeness (QED) is 0.113. The van der Waals surface area contributed by atoms with Gasteiger partial charge in [-0.25, -0.2) is 9.48 Å². The summed E-state index contributed by atoms with van der Waals surface area (Å²) in [6.45, 7) is 15.4. The number of likely N-dealkylation sites (tertiary alicyclic amines) is 1. The molecule has 4 heterocycles. The molecule has 7 rings (SSSR count). The van der Waals surface area contributed by atoms with Crippen molar-refractivity contribution in [3.8, 4) is 11.4 Å². The van der Waals surface area contributed by atoms with Gasteiger partial charge in [-0.15, -0.1) is 0 Å². The molecule has 2 saturated heterocycles. The molecule has 56 heavy (non-hydrogen) atoms. The van der Waals surface area contributed by atoms with Gasteiger partial charge >= 0.3 is 6.03 Å². The molecule has 298 valence electrons. The average molecular weight is 781 g/mol. The van der Waals surface area contributed by atoms with Gasteiger partial charge in [0.25, 0.3) is 0 Å². The second kappa shape index (κ2) is 16.4. The molecule has 2 aromatic heterocycles. The highest BCUT2D eigenvalue weighted by molar-refractivity contribution is 6.31. The SMILES string of the molecule is C[C@@H]1CCC[C@H](C)N1C(=N)n1cc(O[C@@H]2CC[C@H](NC(=O)Nc3cc(C(C)(C)C)nn3-c3ccc(Cl)c(CN4CCN(C)CC4)c3)c3ccccc32)ccc1=N. The fraction of sp³-hybridized carbons (Fsp3) is 0.488. The molecule has 0 radical (unpaired) electrons. The predicted molar refractivity (Wildman–Crippen MR) is 222 cm³/mol. The normalized spacial score (nSPS) is 22.0. The number of carbonyl (C=O) groups excluding carboxylic acids is 1. The zero-order valence-electron chi connectivity index (χ0n) is 33.6. The van der Waals surface area contributed by atoms with E-state index in [1.54, 1.807) is 22.9 Å². The number of halogens is 1. The van der Waals surface area contributed by atoms with E-state index in [4.69, 9.17) is 32.3 Å². The number of hydrogen-bond donors (Lipinski definition) is 4. The maximum Gasteiger partial charge on any atom is 0.320 e. The smallest absolute Gasteiger partial charge is 0.320 e. The lowest BCUT2D eigenvalue weighted by molar-refractivity contribution is 0.148. The first-order chi connectivity index (χ1) is 26.7. The Morgan fingerprint density at radius 2 is 1.66 bits per heavy atom. The Bertz CT molecular complexity index is 2100. The molecule has 0 bridgehead atoms. The highest BCUT2D eigenvalue weighted by Crippen LogP contribution is 2.39. The molecule has 2 aliphatic heterocycles. The van der Waals surface area contributed by atoms with Crippen molar-refractivity contribution in [2.24, 2.45) is 0 Å². The van der Waals surface area contributed by atoms with Gasteiger partial charge in [0, 0.05) is 61.3 Å². The number of piperidine rings is 1. The summed E-state index contributed by atoms with van der Waals surface area (Å²) >= 11 is 6.73. The van der Waals surface area contributed by atoms with E-state index >= 15 is 0 Å². The summed E-state index contributed by atoms with van der Waals surface area (Å²) in [6.07, 6.45) is 6.08. The maximum atomic E-state index is 13.9. The second-order valence-corrected chi connectivity index (χ2v) is 17.3. The number of nitrogens with zero attached hydrogens (tertiary/aromatic N) is 6. The van der Waals surface area contributed by atoms with Crippen molar-refractivity contribution in [3.05, 3.63) is 99.8 Å². The van der Waals surface area contributed by atoms with Crippen LogP contribution < -0.4 is 20.9 Å². The first-order valence-corrected chi connectivity index (χ1v) is 20.4. The summed E-state index contributed by atoms with van der Waals surface area (Å²) in [6, 6.07) is 19.4. The zero-order valence-corrected chi connectivity index (χ0v) is 34.4. The van der Waals surface area contributed by atoms with Crippen molar-refractivity contribution < 1.29 is 9.53 Å². The highest BCUT2D eigenvalue weighted by atomic mass is 35.5. The van der Waals surface area contributed by atoms with Crippen molar-refractivity contribution >= 4 is 29.4 Å². The minimum Gasteiger partial charge on any atom is -0.484 e. The fourth-order valence-corrected chi connectivity index (χ4v) is 8.46. The second-order valence-electron chi connectivity index (χ2n) is 16.9. The Balaban J connectivity index is 1.07. The third-order valence-electron chi connectivity index (χ3n) is 11.6. The van der Waals surface area contributed by atoms with Crippen molar-refractivity contribution in [2.75, 3.05) is 38.5 Å². The summed E-state index contributed by atoms with van der Waals surface area (Å²) in [7, 11) is 2.15. The molecular formula is C43H57ClN10O2. The third-order valence-corrected chi connectivity index (χ3v) is 12.0. The number of carbonyl (C=O) groups is 1. The molecular weight excluding hydrogens is 724 g/mol. The molecule has 0 saturated carbocycles. The molecule has 0 spiro atoms. The monoisotopic (exact) mass is 780 g/mol. The van der Waals surface area contributed by atoms with E-state index in [1.807, 2.05) is 35.0 Å². The van der Waals surface area contributed by atoms with Gasteiger partial charge in [-0.05, 0) is 100 Å². The van der Waals surface area contributed by atoms with Crippen molar-refractivity contribution in [1.29, 1.82) is 10.8 Å².